The molecule has 1 unspecified atom stereocenters. The fourth-order valence-electron chi connectivity index (χ4n) is 3.26. The molecule has 1 aliphatic carbocycles. The Hall–Kier alpha value is -2.11. The number of nitrogens with zero attached hydrogens (tertiary/aromatic N) is 3. The van der Waals surface area contributed by atoms with Crippen LogP contribution in [0.3, 0.4) is 0 Å². The first-order valence-corrected chi connectivity index (χ1v) is 8.49. The zero-order valence-corrected chi connectivity index (χ0v) is 13.3. The SMILES string of the molecule is CCCc1cc(C2CCCN2C(=O)c2cc(C3CC3)on2)no1. The molecule has 6 nitrogen and oxygen atoms in total. The van der Waals surface area contributed by atoms with Crippen molar-refractivity contribution in [3.05, 3.63) is 35.0 Å². The third-order valence-electron chi connectivity index (χ3n) is 4.66. The Morgan fingerprint density at radius 2 is 2.13 bits per heavy atom. The number of carbonyl (C=O) groups is 1. The Morgan fingerprint density at radius 3 is 2.91 bits per heavy atom. The molecule has 6 heteroatoms. The number of amides is 1. The molecule has 0 N–H and O–H groups in total. The van der Waals surface area contributed by atoms with E-state index in [4.69, 9.17) is 9.05 Å². The van der Waals surface area contributed by atoms with E-state index in [0.717, 1.165) is 62.3 Å². The second-order valence-electron chi connectivity index (χ2n) is 6.51. The molecule has 2 aromatic rings. The lowest BCUT2D eigenvalue weighted by Gasteiger charge is -2.21. The molecule has 1 amide bonds. The number of hydrogen-bond donors (Lipinski definition) is 0. The van der Waals surface area contributed by atoms with E-state index in [1.165, 1.54) is 0 Å². The maximum absolute atomic E-state index is 12.8. The summed E-state index contributed by atoms with van der Waals surface area (Å²) in [5.41, 5.74) is 1.27. The zero-order valence-electron chi connectivity index (χ0n) is 13.3. The van der Waals surface area contributed by atoms with Crippen molar-refractivity contribution in [2.75, 3.05) is 6.54 Å². The summed E-state index contributed by atoms with van der Waals surface area (Å²) < 4.78 is 10.7. The van der Waals surface area contributed by atoms with Crippen LogP contribution in [0.1, 0.15) is 78.7 Å². The molecule has 1 aliphatic heterocycles. The maximum atomic E-state index is 12.8. The van der Waals surface area contributed by atoms with Crippen molar-refractivity contribution >= 4 is 5.91 Å². The number of carbonyl (C=O) groups excluding carboxylic acids is 1. The topological polar surface area (TPSA) is 72.4 Å². The van der Waals surface area contributed by atoms with Crippen LogP contribution >= 0.6 is 0 Å². The molecule has 0 bridgehead atoms. The molecule has 4 rings (SSSR count). The second-order valence-corrected chi connectivity index (χ2v) is 6.51. The first-order valence-electron chi connectivity index (χ1n) is 8.49. The van der Waals surface area contributed by atoms with E-state index in [0.29, 0.717) is 11.6 Å². The molecule has 3 heterocycles. The Morgan fingerprint density at radius 1 is 1.26 bits per heavy atom. The lowest BCUT2D eigenvalue weighted by Crippen LogP contribution is -2.30. The highest BCUT2D eigenvalue weighted by Gasteiger charge is 2.35. The Kier molecular flexibility index (Phi) is 3.67. The Balaban J connectivity index is 1.52. The molecule has 1 saturated carbocycles. The summed E-state index contributed by atoms with van der Waals surface area (Å²) in [6.07, 6.45) is 6.05. The first-order chi connectivity index (χ1) is 11.3. The molecular formula is C17H21N3O3. The summed E-state index contributed by atoms with van der Waals surface area (Å²) in [4.78, 5) is 14.6. The highest BCUT2D eigenvalue weighted by molar-refractivity contribution is 5.92. The minimum atomic E-state index is -0.0665. The van der Waals surface area contributed by atoms with Crippen molar-refractivity contribution in [3.63, 3.8) is 0 Å². The molecule has 0 spiro atoms. The van der Waals surface area contributed by atoms with E-state index in [-0.39, 0.29) is 11.9 Å². The van der Waals surface area contributed by atoms with Gasteiger partial charge in [0.1, 0.15) is 17.2 Å². The van der Waals surface area contributed by atoms with Gasteiger partial charge in [-0.15, -0.1) is 0 Å². The monoisotopic (exact) mass is 315 g/mol. The van der Waals surface area contributed by atoms with Gasteiger partial charge in [-0.3, -0.25) is 4.79 Å². The van der Waals surface area contributed by atoms with Gasteiger partial charge in [0.2, 0.25) is 0 Å². The van der Waals surface area contributed by atoms with Gasteiger partial charge in [-0.1, -0.05) is 17.2 Å². The number of hydrogen-bond acceptors (Lipinski definition) is 5. The molecule has 2 aliphatic rings. The molecule has 0 aromatic carbocycles. The van der Waals surface area contributed by atoms with E-state index in [2.05, 4.69) is 17.2 Å². The van der Waals surface area contributed by atoms with E-state index in [1.807, 2.05) is 11.0 Å². The molecular weight excluding hydrogens is 294 g/mol. The quantitative estimate of drug-likeness (QED) is 0.844. The van der Waals surface area contributed by atoms with Gasteiger partial charge in [-0.25, -0.2) is 0 Å². The molecule has 0 radical (unpaired) electrons. The summed E-state index contributed by atoms with van der Waals surface area (Å²) in [5.74, 6) is 2.13. The minimum absolute atomic E-state index is 0.0158. The van der Waals surface area contributed by atoms with Crippen molar-refractivity contribution in [2.24, 2.45) is 0 Å². The van der Waals surface area contributed by atoms with Gasteiger partial charge >= 0.3 is 0 Å². The second kappa shape index (κ2) is 5.83. The van der Waals surface area contributed by atoms with Gasteiger partial charge in [-0.2, -0.15) is 0 Å². The Labute approximate surface area is 134 Å². The van der Waals surface area contributed by atoms with Crippen LogP contribution in [0.4, 0.5) is 0 Å². The third kappa shape index (κ3) is 2.78. The third-order valence-corrected chi connectivity index (χ3v) is 4.66. The van der Waals surface area contributed by atoms with Crippen LogP contribution in [-0.2, 0) is 6.42 Å². The van der Waals surface area contributed by atoms with Gasteiger partial charge in [0, 0.05) is 31.0 Å². The van der Waals surface area contributed by atoms with Crippen LogP contribution in [0.25, 0.3) is 0 Å². The lowest BCUT2D eigenvalue weighted by atomic mass is 10.1. The lowest BCUT2D eigenvalue weighted by molar-refractivity contribution is 0.0720. The zero-order chi connectivity index (χ0) is 15.8. The predicted molar refractivity (Wildman–Crippen MR) is 82.0 cm³/mol. The van der Waals surface area contributed by atoms with Crippen molar-refractivity contribution in [3.8, 4) is 0 Å². The van der Waals surface area contributed by atoms with Crippen LogP contribution in [0.15, 0.2) is 21.2 Å². The van der Waals surface area contributed by atoms with E-state index in [9.17, 15) is 4.79 Å². The van der Waals surface area contributed by atoms with Gasteiger partial charge in [0.25, 0.3) is 5.91 Å². The van der Waals surface area contributed by atoms with Crippen molar-refractivity contribution in [1.82, 2.24) is 15.2 Å². The summed E-state index contributed by atoms with van der Waals surface area (Å²) >= 11 is 0. The van der Waals surface area contributed by atoms with Crippen LogP contribution in [0.5, 0.6) is 0 Å². The molecule has 122 valence electrons. The highest BCUT2D eigenvalue weighted by atomic mass is 16.5. The number of aromatic nitrogens is 2. The van der Waals surface area contributed by atoms with Crippen LogP contribution in [0.2, 0.25) is 0 Å². The summed E-state index contributed by atoms with van der Waals surface area (Å²) in [5, 5.41) is 8.15. The van der Waals surface area contributed by atoms with Gasteiger partial charge in [0.15, 0.2) is 5.69 Å². The van der Waals surface area contributed by atoms with Crippen molar-refractivity contribution in [1.29, 1.82) is 0 Å². The van der Waals surface area contributed by atoms with E-state index >= 15 is 0 Å². The molecule has 2 fully saturated rings. The summed E-state index contributed by atoms with van der Waals surface area (Å²) in [7, 11) is 0. The van der Waals surface area contributed by atoms with E-state index < -0.39 is 0 Å². The fourth-order valence-corrected chi connectivity index (χ4v) is 3.26. The number of likely N-dealkylation sites (tertiary alicyclic amines) is 1. The van der Waals surface area contributed by atoms with Crippen LogP contribution in [-0.4, -0.2) is 27.7 Å². The first kappa shape index (κ1) is 14.5. The predicted octanol–water partition coefficient (Wildman–Crippen LogP) is 3.47. The van der Waals surface area contributed by atoms with Crippen LogP contribution in [0, 0.1) is 0 Å². The van der Waals surface area contributed by atoms with Gasteiger partial charge < -0.3 is 13.9 Å². The smallest absolute Gasteiger partial charge is 0.276 e. The van der Waals surface area contributed by atoms with Gasteiger partial charge in [-0.05, 0) is 32.1 Å². The molecule has 1 atom stereocenters. The largest absolute Gasteiger partial charge is 0.361 e. The molecule has 2 aromatic heterocycles. The van der Waals surface area contributed by atoms with Gasteiger partial charge in [0.05, 0.1) is 6.04 Å². The normalized spacial score (nSPS) is 21.1. The number of aryl methyl sites for hydroxylation is 1. The maximum Gasteiger partial charge on any atom is 0.276 e. The standard InChI is InChI=1S/C17H21N3O3/c1-2-4-12-9-13(18-22-12)15-5-3-8-20(15)17(21)14-10-16(23-19-14)11-6-7-11/h9-11,15H,2-8H2,1H3. The van der Waals surface area contributed by atoms with Crippen molar-refractivity contribution < 1.29 is 13.8 Å². The average molecular weight is 315 g/mol. The molecule has 1 saturated heterocycles. The number of rotatable bonds is 5. The fraction of sp³-hybridized carbons (Fsp3) is 0.588. The summed E-state index contributed by atoms with van der Waals surface area (Å²) in [6, 6.07) is 3.77. The van der Waals surface area contributed by atoms with Crippen molar-refractivity contribution in [2.45, 2.75) is 57.4 Å². The molecule has 23 heavy (non-hydrogen) atoms. The Bertz CT molecular complexity index is 702. The van der Waals surface area contributed by atoms with Crippen LogP contribution < -0.4 is 0 Å². The van der Waals surface area contributed by atoms with E-state index in [1.54, 1.807) is 6.07 Å². The highest BCUT2D eigenvalue weighted by Crippen LogP contribution is 2.40. The average Bonchev–Trinajstić information content (AvgIpc) is 2.99. The summed E-state index contributed by atoms with van der Waals surface area (Å²) in [6.45, 7) is 2.83. The minimum Gasteiger partial charge on any atom is -0.361 e.